The van der Waals surface area contributed by atoms with Gasteiger partial charge in [0.25, 0.3) is 0 Å². The van der Waals surface area contributed by atoms with Gasteiger partial charge in [0.15, 0.2) is 5.13 Å². The number of thiophene rings is 1. The van der Waals surface area contributed by atoms with Crippen molar-refractivity contribution in [1.82, 2.24) is 15.0 Å². The van der Waals surface area contributed by atoms with Crippen LogP contribution in [0.1, 0.15) is 0 Å². The molecule has 4 heterocycles. The SMILES string of the molecule is Nc1nc(-c2ccccn2)c(-c2ccnc(-c3ccsc3)c2)s1. The predicted octanol–water partition coefficient (Wildman–Crippen LogP) is 4.58. The molecule has 0 aliphatic carbocycles. The van der Waals surface area contributed by atoms with Crippen molar-refractivity contribution in [2.45, 2.75) is 0 Å². The summed E-state index contributed by atoms with van der Waals surface area (Å²) >= 11 is 3.13. The number of aromatic nitrogens is 3. The van der Waals surface area contributed by atoms with E-state index in [1.165, 1.54) is 11.3 Å². The van der Waals surface area contributed by atoms with Gasteiger partial charge in [-0.2, -0.15) is 11.3 Å². The van der Waals surface area contributed by atoms with Gasteiger partial charge in [0.1, 0.15) is 5.69 Å². The first-order chi connectivity index (χ1) is 11.3. The lowest BCUT2D eigenvalue weighted by Gasteiger charge is -2.04. The summed E-state index contributed by atoms with van der Waals surface area (Å²) in [6.45, 7) is 0. The van der Waals surface area contributed by atoms with E-state index >= 15 is 0 Å². The van der Waals surface area contributed by atoms with Crippen LogP contribution in [0, 0.1) is 0 Å². The number of pyridine rings is 2. The molecular formula is C17H12N4S2. The summed E-state index contributed by atoms with van der Waals surface area (Å²) < 4.78 is 0. The molecule has 0 aromatic carbocycles. The van der Waals surface area contributed by atoms with Crippen molar-refractivity contribution >= 4 is 27.8 Å². The first kappa shape index (κ1) is 14.0. The Balaban J connectivity index is 1.84. The van der Waals surface area contributed by atoms with Gasteiger partial charge in [0.05, 0.1) is 16.3 Å². The zero-order chi connectivity index (χ0) is 15.6. The Morgan fingerprint density at radius 3 is 2.61 bits per heavy atom. The lowest BCUT2D eigenvalue weighted by Crippen LogP contribution is -1.88. The van der Waals surface area contributed by atoms with Gasteiger partial charge in [-0.15, -0.1) is 0 Å². The van der Waals surface area contributed by atoms with Crippen molar-refractivity contribution in [2.24, 2.45) is 0 Å². The minimum atomic E-state index is 0.537. The van der Waals surface area contributed by atoms with Gasteiger partial charge in [-0.3, -0.25) is 9.97 Å². The molecule has 4 rings (SSSR count). The van der Waals surface area contributed by atoms with Crippen LogP contribution in [0.5, 0.6) is 0 Å². The zero-order valence-electron chi connectivity index (χ0n) is 12.0. The highest BCUT2D eigenvalue weighted by molar-refractivity contribution is 7.19. The molecule has 0 aliphatic rings. The van der Waals surface area contributed by atoms with Crippen LogP contribution in [-0.2, 0) is 0 Å². The second kappa shape index (κ2) is 5.91. The number of hydrogen-bond acceptors (Lipinski definition) is 6. The molecule has 0 unspecified atom stereocenters. The first-order valence-corrected chi connectivity index (χ1v) is 8.74. The summed E-state index contributed by atoms with van der Waals surface area (Å²) in [6, 6.07) is 11.9. The predicted molar refractivity (Wildman–Crippen MR) is 96.3 cm³/mol. The molecule has 0 aliphatic heterocycles. The largest absolute Gasteiger partial charge is 0.375 e. The second-order valence-corrected chi connectivity index (χ2v) is 6.70. The van der Waals surface area contributed by atoms with E-state index in [4.69, 9.17) is 5.73 Å². The molecule has 4 nitrogen and oxygen atoms in total. The highest BCUT2D eigenvalue weighted by Gasteiger charge is 2.15. The van der Waals surface area contributed by atoms with E-state index < -0.39 is 0 Å². The summed E-state index contributed by atoms with van der Waals surface area (Å²) in [6.07, 6.45) is 3.58. The smallest absolute Gasteiger partial charge is 0.181 e. The van der Waals surface area contributed by atoms with Gasteiger partial charge in [-0.05, 0) is 41.3 Å². The number of thiazole rings is 1. The number of nitrogen functional groups attached to an aromatic ring is 1. The summed E-state index contributed by atoms with van der Waals surface area (Å²) in [5.74, 6) is 0. The fourth-order valence-corrected chi connectivity index (χ4v) is 3.84. The molecule has 23 heavy (non-hydrogen) atoms. The van der Waals surface area contributed by atoms with E-state index in [1.807, 2.05) is 35.8 Å². The third kappa shape index (κ3) is 2.74. The lowest BCUT2D eigenvalue weighted by atomic mass is 10.1. The molecule has 0 fully saturated rings. The third-order valence-electron chi connectivity index (χ3n) is 3.39. The molecule has 0 atom stereocenters. The minimum Gasteiger partial charge on any atom is -0.375 e. The first-order valence-electron chi connectivity index (χ1n) is 6.98. The van der Waals surface area contributed by atoms with Crippen LogP contribution < -0.4 is 5.73 Å². The highest BCUT2D eigenvalue weighted by atomic mass is 32.1. The van der Waals surface area contributed by atoms with E-state index in [0.717, 1.165) is 33.1 Å². The van der Waals surface area contributed by atoms with Crippen molar-refractivity contribution in [3.63, 3.8) is 0 Å². The molecule has 6 heteroatoms. The maximum Gasteiger partial charge on any atom is 0.181 e. The average molecular weight is 336 g/mol. The molecule has 4 aromatic rings. The van der Waals surface area contributed by atoms with E-state index in [0.29, 0.717) is 5.13 Å². The van der Waals surface area contributed by atoms with Gasteiger partial charge >= 0.3 is 0 Å². The van der Waals surface area contributed by atoms with Crippen LogP contribution in [0.4, 0.5) is 5.13 Å². The minimum absolute atomic E-state index is 0.537. The number of nitrogens with zero attached hydrogens (tertiary/aromatic N) is 3. The highest BCUT2D eigenvalue weighted by Crippen LogP contribution is 2.38. The zero-order valence-corrected chi connectivity index (χ0v) is 13.6. The van der Waals surface area contributed by atoms with E-state index in [-0.39, 0.29) is 0 Å². The molecule has 112 valence electrons. The molecule has 0 saturated heterocycles. The Bertz CT molecular complexity index is 930. The maximum absolute atomic E-state index is 5.95. The molecule has 0 radical (unpaired) electrons. The summed E-state index contributed by atoms with van der Waals surface area (Å²) in [4.78, 5) is 14.3. The summed E-state index contributed by atoms with van der Waals surface area (Å²) in [5, 5.41) is 4.68. The van der Waals surface area contributed by atoms with Gasteiger partial charge in [0, 0.05) is 23.3 Å². The molecular weight excluding hydrogens is 324 g/mol. The lowest BCUT2D eigenvalue weighted by molar-refractivity contribution is 1.28. The summed E-state index contributed by atoms with van der Waals surface area (Å²) in [5.41, 5.74) is 10.7. The second-order valence-electron chi connectivity index (χ2n) is 4.89. The summed E-state index contributed by atoms with van der Waals surface area (Å²) in [7, 11) is 0. The fraction of sp³-hybridized carbons (Fsp3) is 0. The Kier molecular flexibility index (Phi) is 3.61. The van der Waals surface area contributed by atoms with Gasteiger partial charge < -0.3 is 5.73 Å². The van der Waals surface area contributed by atoms with E-state index in [1.54, 1.807) is 17.5 Å². The van der Waals surface area contributed by atoms with E-state index in [9.17, 15) is 0 Å². The maximum atomic E-state index is 5.95. The van der Waals surface area contributed by atoms with E-state index in [2.05, 4.69) is 32.5 Å². The van der Waals surface area contributed by atoms with Crippen molar-refractivity contribution < 1.29 is 0 Å². The quantitative estimate of drug-likeness (QED) is 0.595. The molecule has 0 spiro atoms. The van der Waals surface area contributed by atoms with Gasteiger partial charge in [-0.25, -0.2) is 4.98 Å². The van der Waals surface area contributed by atoms with Crippen LogP contribution in [0.3, 0.4) is 0 Å². The standard InChI is InChI=1S/C17H12N4S2/c18-17-21-15(13-3-1-2-6-19-13)16(23-17)11-4-7-20-14(9-11)12-5-8-22-10-12/h1-10H,(H2,18,21). The van der Waals surface area contributed by atoms with Crippen molar-refractivity contribution in [3.8, 4) is 33.1 Å². The van der Waals surface area contributed by atoms with Crippen LogP contribution in [-0.4, -0.2) is 15.0 Å². The van der Waals surface area contributed by atoms with Crippen LogP contribution >= 0.6 is 22.7 Å². The van der Waals surface area contributed by atoms with Crippen molar-refractivity contribution in [1.29, 1.82) is 0 Å². The van der Waals surface area contributed by atoms with Crippen molar-refractivity contribution in [3.05, 3.63) is 59.6 Å². The Labute approximate surface area is 141 Å². The van der Waals surface area contributed by atoms with Gasteiger partial charge in [-0.1, -0.05) is 17.4 Å². The third-order valence-corrected chi connectivity index (χ3v) is 5.01. The number of hydrogen-bond donors (Lipinski definition) is 1. The molecule has 0 bridgehead atoms. The fourth-order valence-electron chi connectivity index (χ4n) is 2.35. The Morgan fingerprint density at radius 2 is 1.83 bits per heavy atom. The van der Waals surface area contributed by atoms with Crippen LogP contribution in [0.2, 0.25) is 0 Å². The topological polar surface area (TPSA) is 64.7 Å². The Hall–Kier alpha value is -2.57. The molecule has 4 aromatic heterocycles. The van der Waals surface area contributed by atoms with Gasteiger partial charge in [0.2, 0.25) is 0 Å². The van der Waals surface area contributed by atoms with Crippen molar-refractivity contribution in [2.75, 3.05) is 5.73 Å². The molecule has 2 N–H and O–H groups in total. The van der Waals surface area contributed by atoms with Crippen LogP contribution in [0.25, 0.3) is 33.1 Å². The normalized spacial score (nSPS) is 10.8. The van der Waals surface area contributed by atoms with Crippen LogP contribution in [0.15, 0.2) is 59.6 Å². The molecule has 0 amide bonds. The monoisotopic (exact) mass is 336 g/mol. The number of nitrogens with two attached hydrogens (primary N) is 1. The number of anilines is 1. The average Bonchev–Trinajstić information content (AvgIpc) is 3.25. The molecule has 0 saturated carbocycles. The number of rotatable bonds is 3. The Morgan fingerprint density at radius 1 is 0.913 bits per heavy atom.